The van der Waals surface area contributed by atoms with Gasteiger partial charge in [-0.05, 0) is 18.0 Å². The van der Waals surface area contributed by atoms with Gasteiger partial charge >= 0.3 is 0 Å². The van der Waals surface area contributed by atoms with Crippen molar-refractivity contribution in [1.29, 1.82) is 0 Å². The Morgan fingerprint density at radius 2 is 1.88 bits per heavy atom. The second-order valence-corrected chi connectivity index (χ2v) is 5.79. The van der Waals surface area contributed by atoms with Gasteiger partial charge in [-0.25, -0.2) is 0 Å². The van der Waals surface area contributed by atoms with Crippen LogP contribution in [0.4, 0.5) is 0 Å². The Kier molecular flexibility index (Phi) is 2.66. The van der Waals surface area contributed by atoms with E-state index in [0.29, 0.717) is 6.04 Å². The fraction of sp³-hybridized carbons (Fsp3) is 0.615. The van der Waals surface area contributed by atoms with Crippen molar-refractivity contribution in [3.05, 3.63) is 34.2 Å². The largest absolute Gasteiger partial charge is 0.310 e. The van der Waals surface area contributed by atoms with Crippen molar-refractivity contribution in [3.8, 4) is 0 Å². The van der Waals surface area contributed by atoms with Gasteiger partial charge in [0.15, 0.2) is 0 Å². The molecular weight excluding hydrogens is 200 g/mol. The summed E-state index contributed by atoms with van der Waals surface area (Å²) in [5, 5.41) is 0. The van der Waals surface area contributed by atoms with Crippen molar-refractivity contribution < 1.29 is 0 Å². The van der Waals surface area contributed by atoms with Crippen LogP contribution in [-0.2, 0) is 5.41 Å². The highest BCUT2D eigenvalue weighted by Gasteiger charge is 2.26. The molecule has 2 heterocycles. The molecule has 1 aromatic heterocycles. The maximum absolute atomic E-state index is 11.8. The van der Waals surface area contributed by atoms with Crippen LogP contribution in [0.25, 0.3) is 0 Å². The van der Waals surface area contributed by atoms with Gasteiger partial charge < -0.3 is 9.47 Å². The molecule has 2 rings (SSSR count). The number of rotatable bonds is 1. The third-order valence-electron chi connectivity index (χ3n) is 3.24. The van der Waals surface area contributed by atoms with Crippen LogP contribution in [0.3, 0.4) is 0 Å². The lowest BCUT2D eigenvalue weighted by atomic mass is 9.88. The molecule has 3 heteroatoms. The first-order valence-corrected chi connectivity index (χ1v) is 5.79. The second-order valence-electron chi connectivity index (χ2n) is 5.79. The lowest BCUT2D eigenvalue weighted by Gasteiger charge is -2.37. The van der Waals surface area contributed by atoms with Gasteiger partial charge in [0.25, 0.3) is 5.56 Å². The highest BCUT2D eigenvalue weighted by molar-refractivity contribution is 5.19. The van der Waals surface area contributed by atoms with Gasteiger partial charge in [-0.1, -0.05) is 26.8 Å². The number of hydrogen-bond donors (Lipinski definition) is 0. The smallest absolute Gasteiger partial charge is 0.250 e. The topological polar surface area (TPSA) is 25.2 Å². The summed E-state index contributed by atoms with van der Waals surface area (Å²) < 4.78 is 1.89. The normalized spacial score (nSPS) is 18.5. The van der Waals surface area contributed by atoms with Gasteiger partial charge in [0.05, 0.1) is 6.04 Å². The number of pyridine rings is 1. The van der Waals surface area contributed by atoms with Crippen LogP contribution in [0, 0.1) is 0 Å². The van der Waals surface area contributed by atoms with Gasteiger partial charge in [-0.3, -0.25) is 4.79 Å². The fourth-order valence-electron chi connectivity index (χ4n) is 2.07. The molecule has 1 aromatic rings. The summed E-state index contributed by atoms with van der Waals surface area (Å²) in [5.74, 6) is 0. The third-order valence-corrected chi connectivity index (χ3v) is 3.24. The first kappa shape index (κ1) is 11.4. The molecule has 1 aliphatic rings. The third kappa shape index (κ3) is 2.05. The SMILES string of the molecule is CN1CC(n2cc(C(C)(C)C)ccc2=O)C1. The standard InChI is InChI=1S/C13H20N2O/c1-13(2,3)10-5-6-12(16)15(7-10)11-8-14(4)9-11/h5-7,11H,8-9H2,1-4H3. The molecule has 0 spiro atoms. The Hall–Kier alpha value is -1.09. The van der Waals surface area contributed by atoms with Gasteiger partial charge in [-0.2, -0.15) is 0 Å². The second kappa shape index (κ2) is 3.74. The van der Waals surface area contributed by atoms with Gasteiger partial charge in [0.2, 0.25) is 0 Å². The predicted octanol–water partition coefficient (Wildman–Crippen LogP) is 1.63. The number of hydrogen-bond acceptors (Lipinski definition) is 2. The molecular formula is C13H20N2O. The number of nitrogens with zero attached hydrogens (tertiary/aromatic N) is 2. The lowest BCUT2D eigenvalue weighted by molar-refractivity contribution is 0.137. The Morgan fingerprint density at radius 3 is 2.38 bits per heavy atom. The first-order valence-electron chi connectivity index (χ1n) is 5.79. The Bertz CT molecular complexity index is 436. The van der Waals surface area contributed by atoms with Crippen molar-refractivity contribution in [2.75, 3.05) is 20.1 Å². The molecule has 1 saturated heterocycles. The molecule has 0 atom stereocenters. The monoisotopic (exact) mass is 220 g/mol. The minimum atomic E-state index is 0.102. The molecule has 0 amide bonds. The lowest BCUT2D eigenvalue weighted by Crippen LogP contribution is -2.48. The molecule has 0 aliphatic carbocycles. The van der Waals surface area contributed by atoms with Crippen LogP contribution in [0.2, 0.25) is 0 Å². The van der Waals surface area contributed by atoms with Crippen LogP contribution >= 0.6 is 0 Å². The van der Waals surface area contributed by atoms with E-state index in [1.54, 1.807) is 6.07 Å². The van der Waals surface area contributed by atoms with E-state index >= 15 is 0 Å². The van der Waals surface area contributed by atoms with Crippen molar-refractivity contribution in [3.63, 3.8) is 0 Å². The van der Waals surface area contributed by atoms with E-state index in [9.17, 15) is 4.79 Å². The van der Waals surface area contributed by atoms with Crippen molar-refractivity contribution in [2.24, 2.45) is 0 Å². The quantitative estimate of drug-likeness (QED) is 0.719. The maximum atomic E-state index is 11.8. The van der Waals surface area contributed by atoms with E-state index < -0.39 is 0 Å². The summed E-state index contributed by atoms with van der Waals surface area (Å²) in [6.07, 6.45) is 2.03. The molecule has 3 nitrogen and oxygen atoms in total. The number of likely N-dealkylation sites (N-methyl/N-ethyl adjacent to an activating group) is 1. The zero-order valence-electron chi connectivity index (χ0n) is 10.5. The molecule has 16 heavy (non-hydrogen) atoms. The van der Waals surface area contributed by atoms with E-state index in [1.807, 2.05) is 16.8 Å². The molecule has 0 N–H and O–H groups in total. The fourth-order valence-corrected chi connectivity index (χ4v) is 2.07. The molecule has 0 unspecified atom stereocenters. The van der Waals surface area contributed by atoms with Gasteiger partial charge in [-0.15, -0.1) is 0 Å². The average molecular weight is 220 g/mol. The van der Waals surface area contributed by atoms with E-state index in [0.717, 1.165) is 13.1 Å². The number of aromatic nitrogens is 1. The Balaban J connectivity index is 2.34. The summed E-state index contributed by atoms with van der Waals surface area (Å²) in [7, 11) is 2.08. The molecule has 0 bridgehead atoms. The molecule has 1 aliphatic heterocycles. The summed E-state index contributed by atoms with van der Waals surface area (Å²) in [5.41, 5.74) is 1.44. The maximum Gasteiger partial charge on any atom is 0.250 e. The summed E-state index contributed by atoms with van der Waals surface area (Å²) in [4.78, 5) is 14.0. The molecule has 0 aromatic carbocycles. The van der Waals surface area contributed by atoms with Gasteiger partial charge in [0.1, 0.15) is 0 Å². The van der Waals surface area contributed by atoms with Crippen LogP contribution in [0.15, 0.2) is 23.1 Å². The molecule has 88 valence electrons. The highest BCUT2D eigenvalue weighted by atomic mass is 16.1. The summed E-state index contributed by atoms with van der Waals surface area (Å²) >= 11 is 0. The van der Waals surface area contributed by atoms with Crippen molar-refractivity contribution >= 4 is 0 Å². The van der Waals surface area contributed by atoms with Gasteiger partial charge in [0, 0.05) is 25.4 Å². The highest BCUT2D eigenvalue weighted by Crippen LogP contribution is 2.23. The van der Waals surface area contributed by atoms with E-state index in [4.69, 9.17) is 0 Å². The van der Waals surface area contributed by atoms with Crippen LogP contribution < -0.4 is 5.56 Å². The Labute approximate surface area is 96.7 Å². The summed E-state index contributed by atoms with van der Waals surface area (Å²) in [6, 6.07) is 4.00. The predicted molar refractivity (Wildman–Crippen MR) is 65.9 cm³/mol. The van der Waals surface area contributed by atoms with Crippen molar-refractivity contribution in [1.82, 2.24) is 9.47 Å². The minimum Gasteiger partial charge on any atom is -0.310 e. The molecule has 1 fully saturated rings. The minimum absolute atomic E-state index is 0.102. The van der Waals surface area contributed by atoms with E-state index in [-0.39, 0.29) is 11.0 Å². The molecule has 0 saturated carbocycles. The average Bonchev–Trinajstić information content (AvgIpc) is 2.12. The Morgan fingerprint density at radius 1 is 1.25 bits per heavy atom. The van der Waals surface area contributed by atoms with E-state index in [1.165, 1.54) is 5.56 Å². The number of likely N-dealkylation sites (tertiary alicyclic amines) is 1. The zero-order valence-corrected chi connectivity index (χ0v) is 10.5. The van der Waals surface area contributed by atoms with Crippen LogP contribution in [0.5, 0.6) is 0 Å². The first-order chi connectivity index (χ1) is 7.38. The summed E-state index contributed by atoms with van der Waals surface area (Å²) in [6.45, 7) is 8.47. The van der Waals surface area contributed by atoms with Crippen LogP contribution in [-0.4, -0.2) is 29.6 Å². The van der Waals surface area contributed by atoms with E-state index in [2.05, 4.69) is 32.7 Å². The zero-order chi connectivity index (χ0) is 11.9. The molecule has 0 radical (unpaired) electrons. The van der Waals surface area contributed by atoms with Crippen LogP contribution in [0.1, 0.15) is 32.4 Å². The van der Waals surface area contributed by atoms with Crippen molar-refractivity contribution in [2.45, 2.75) is 32.2 Å².